The lowest BCUT2D eigenvalue weighted by Gasteiger charge is -2.19. The molecule has 5 nitrogen and oxygen atoms in total. The third kappa shape index (κ3) is 4.43. The van der Waals surface area contributed by atoms with Crippen LogP contribution in [-0.4, -0.2) is 21.2 Å². The molecule has 1 N–H and O–H groups in total. The van der Waals surface area contributed by atoms with Crippen molar-refractivity contribution in [2.75, 3.05) is 11.1 Å². The van der Waals surface area contributed by atoms with Gasteiger partial charge in [0.2, 0.25) is 5.91 Å². The fourth-order valence-corrected chi connectivity index (χ4v) is 4.21. The van der Waals surface area contributed by atoms with Gasteiger partial charge in [-0.2, -0.15) is 0 Å². The molecule has 0 fully saturated rings. The molecule has 0 aliphatic carbocycles. The van der Waals surface area contributed by atoms with Crippen LogP contribution in [-0.2, 0) is 10.2 Å². The van der Waals surface area contributed by atoms with E-state index >= 15 is 0 Å². The van der Waals surface area contributed by atoms with Crippen molar-refractivity contribution in [1.29, 1.82) is 0 Å². The van der Waals surface area contributed by atoms with Gasteiger partial charge in [-0.05, 0) is 23.6 Å². The molecule has 1 amide bonds. The molecule has 1 aliphatic rings. The first-order valence-electron chi connectivity index (χ1n) is 9.32. The summed E-state index contributed by atoms with van der Waals surface area (Å²) in [4.78, 5) is 29.7. The Morgan fingerprint density at radius 3 is 2.56 bits per heavy atom. The Balaban J connectivity index is 1.71. The second-order valence-corrected chi connectivity index (χ2v) is 9.36. The Hall–Kier alpha value is -2.08. The first-order valence-corrected chi connectivity index (χ1v) is 10.3. The number of benzene rings is 1. The van der Waals surface area contributed by atoms with E-state index in [4.69, 9.17) is 0 Å². The molecular weight excluding hydrogens is 358 g/mol. The number of anilines is 1. The summed E-state index contributed by atoms with van der Waals surface area (Å²) in [7, 11) is 0. The minimum absolute atomic E-state index is 0.0750. The summed E-state index contributed by atoms with van der Waals surface area (Å²) in [5, 5.41) is 3.65. The van der Waals surface area contributed by atoms with Gasteiger partial charge in [0.05, 0.1) is 11.7 Å². The fourth-order valence-electron chi connectivity index (χ4n) is 3.06. The number of rotatable bonds is 4. The zero-order valence-corrected chi connectivity index (χ0v) is 17.4. The summed E-state index contributed by atoms with van der Waals surface area (Å²) < 4.78 is 1.67. The third-order valence-electron chi connectivity index (χ3n) is 4.74. The monoisotopic (exact) mass is 385 g/mol. The molecule has 2 aromatic rings. The van der Waals surface area contributed by atoms with Gasteiger partial charge < -0.3 is 5.32 Å². The number of nitrogens with one attached hydrogen (secondary N) is 1. The molecule has 0 spiro atoms. The number of carbonyl (C=O) groups excluding carboxylic acids is 1. The van der Waals surface area contributed by atoms with Crippen LogP contribution in [0.5, 0.6) is 0 Å². The van der Waals surface area contributed by atoms with E-state index in [1.54, 1.807) is 22.4 Å². The van der Waals surface area contributed by atoms with E-state index < -0.39 is 0 Å². The van der Waals surface area contributed by atoms with E-state index in [-0.39, 0.29) is 29.3 Å². The number of carbonyl (C=O) groups is 1. The van der Waals surface area contributed by atoms with Crippen LogP contribution in [0.4, 0.5) is 5.69 Å². The molecule has 1 aliphatic heterocycles. The van der Waals surface area contributed by atoms with E-state index in [1.165, 1.54) is 5.56 Å². The average Bonchev–Trinajstić information content (AvgIpc) is 2.97. The maximum Gasteiger partial charge on any atom is 0.254 e. The van der Waals surface area contributed by atoms with Crippen LogP contribution in [0.2, 0.25) is 0 Å². The molecule has 0 saturated heterocycles. The maximum atomic E-state index is 12.6. The molecule has 27 heavy (non-hydrogen) atoms. The van der Waals surface area contributed by atoms with Crippen LogP contribution < -0.4 is 10.9 Å². The number of hydrogen-bond acceptors (Lipinski definition) is 4. The normalized spacial score (nSPS) is 16.4. The van der Waals surface area contributed by atoms with Crippen molar-refractivity contribution in [2.45, 2.75) is 63.6 Å². The molecule has 1 unspecified atom stereocenters. The predicted octanol–water partition coefficient (Wildman–Crippen LogP) is 4.34. The molecule has 144 valence electrons. The number of aromatic nitrogens is 2. The van der Waals surface area contributed by atoms with E-state index in [0.717, 1.165) is 11.4 Å². The smallest absolute Gasteiger partial charge is 0.254 e. The van der Waals surface area contributed by atoms with Gasteiger partial charge in [0.25, 0.3) is 5.56 Å². The van der Waals surface area contributed by atoms with Gasteiger partial charge in [0.15, 0.2) is 5.16 Å². The zero-order valence-electron chi connectivity index (χ0n) is 16.6. The van der Waals surface area contributed by atoms with Crippen LogP contribution in [0, 0.1) is 0 Å². The van der Waals surface area contributed by atoms with E-state index in [0.29, 0.717) is 16.8 Å². The van der Waals surface area contributed by atoms with Gasteiger partial charge >= 0.3 is 0 Å². The molecule has 0 bridgehead atoms. The number of hydrogen-bond donors (Lipinski definition) is 1. The SMILES string of the molecule is CC(C)c1ccc(NC(=O)CC2CSc3nc(C(C)(C)C)cc(=O)n32)cc1. The van der Waals surface area contributed by atoms with E-state index in [1.807, 2.05) is 45.0 Å². The Labute approximate surface area is 164 Å². The highest BCUT2D eigenvalue weighted by Crippen LogP contribution is 2.33. The first kappa shape index (κ1) is 19.7. The topological polar surface area (TPSA) is 64.0 Å². The highest BCUT2D eigenvalue weighted by molar-refractivity contribution is 7.99. The second-order valence-electron chi connectivity index (χ2n) is 8.38. The van der Waals surface area contributed by atoms with Gasteiger partial charge in [-0.3, -0.25) is 14.2 Å². The Morgan fingerprint density at radius 1 is 1.30 bits per heavy atom. The minimum Gasteiger partial charge on any atom is -0.326 e. The maximum absolute atomic E-state index is 12.6. The lowest BCUT2D eigenvalue weighted by atomic mass is 9.92. The van der Waals surface area contributed by atoms with Gasteiger partial charge in [0.1, 0.15) is 0 Å². The number of nitrogens with zero attached hydrogens (tertiary/aromatic N) is 2. The number of fused-ring (bicyclic) bond motifs is 1. The summed E-state index contributed by atoms with van der Waals surface area (Å²) in [5.74, 6) is 1.06. The summed E-state index contributed by atoms with van der Waals surface area (Å²) in [6, 6.07) is 9.36. The lowest BCUT2D eigenvalue weighted by Crippen LogP contribution is -2.29. The second kappa shape index (κ2) is 7.50. The third-order valence-corrected chi connectivity index (χ3v) is 5.84. The molecule has 6 heteroatoms. The summed E-state index contributed by atoms with van der Waals surface area (Å²) in [6.07, 6.45) is 0.266. The minimum atomic E-state index is -0.174. The molecule has 1 atom stereocenters. The van der Waals surface area contributed by atoms with Crippen LogP contribution in [0.15, 0.2) is 40.3 Å². The Kier molecular flexibility index (Phi) is 5.47. The quantitative estimate of drug-likeness (QED) is 0.795. The molecule has 1 aromatic carbocycles. The average molecular weight is 386 g/mol. The van der Waals surface area contributed by atoms with Crippen molar-refractivity contribution < 1.29 is 4.79 Å². The van der Waals surface area contributed by atoms with E-state index in [9.17, 15) is 9.59 Å². The lowest BCUT2D eigenvalue weighted by molar-refractivity contribution is -0.116. The van der Waals surface area contributed by atoms with Gasteiger partial charge in [-0.1, -0.05) is 58.5 Å². The van der Waals surface area contributed by atoms with Gasteiger partial charge in [-0.15, -0.1) is 0 Å². The summed E-state index contributed by atoms with van der Waals surface area (Å²) >= 11 is 1.55. The van der Waals surface area contributed by atoms with Crippen LogP contribution in [0.1, 0.15) is 64.3 Å². The molecule has 1 aromatic heterocycles. The molecule has 0 radical (unpaired) electrons. The number of thioether (sulfide) groups is 1. The molecule has 2 heterocycles. The predicted molar refractivity (Wildman–Crippen MR) is 111 cm³/mol. The Bertz CT molecular complexity index is 895. The van der Waals surface area contributed by atoms with Gasteiger partial charge in [-0.25, -0.2) is 4.98 Å². The van der Waals surface area contributed by atoms with Crippen LogP contribution in [0.3, 0.4) is 0 Å². The van der Waals surface area contributed by atoms with Crippen molar-refractivity contribution in [2.24, 2.45) is 0 Å². The summed E-state index contributed by atoms with van der Waals surface area (Å²) in [5.41, 5.74) is 2.56. The van der Waals surface area contributed by atoms with Crippen molar-refractivity contribution in [3.05, 3.63) is 51.9 Å². The Morgan fingerprint density at radius 2 is 1.96 bits per heavy atom. The van der Waals surface area contributed by atoms with Crippen molar-refractivity contribution >= 4 is 23.4 Å². The van der Waals surface area contributed by atoms with Gasteiger partial charge in [0, 0.05) is 29.3 Å². The van der Waals surface area contributed by atoms with E-state index in [2.05, 4.69) is 24.1 Å². The van der Waals surface area contributed by atoms with Crippen LogP contribution >= 0.6 is 11.8 Å². The van der Waals surface area contributed by atoms with Crippen molar-refractivity contribution in [1.82, 2.24) is 9.55 Å². The zero-order chi connectivity index (χ0) is 19.8. The van der Waals surface area contributed by atoms with Crippen LogP contribution in [0.25, 0.3) is 0 Å². The number of amides is 1. The first-order chi connectivity index (χ1) is 12.6. The highest BCUT2D eigenvalue weighted by Gasteiger charge is 2.29. The molecule has 3 rings (SSSR count). The molecule has 0 saturated carbocycles. The molecular formula is C21H27N3O2S. The summed E-state index contributed by atoms with van der Waals surface area (Å²) in [6.45, 7) is 10.4. The highest BCUT2D eigenvalue weighted by atomic mass is 32.2. The van der Waals surface area contributed by atoms with Crippen molar-refractivity contribution in [3.63, 3.8) is 0 Å². The standard InChI is InChI=1S/C21H27N3O2S/c1-13(2)14-6-8-15(9-7-14)22-18(25)10-16-12-27-20-23-17(21(3,4)5)11-19(26)24(16)20/h6-9,11,13,16H,10,12H2,1-5H3,(H,22,25). The fraction of sp³-hybridized carbons (Fsp3) is 0.476. The van der Waals surface area contributed by atoms with Crippen molar-refractivity contribution in [3.8, 4) is 0 Å². The largest absolute Gasteiger partial charge is 0.326 e.